The van der Waals surface area contributed by atoms with E-state index in [2.05, 4.69) is 17.5 Å². The van der Waals surface area contributed by atoms with E-state index in [9.17, 15) is 14.4 Å². The minimum atomic E-state index is -0.197. The lowest BCUT2D eigenvalue weighted by atomic mass is 9.63. The van der Waals surface area contributed by atoms with E-state index >= 15 is 0 Å². The van der Waals surface area contributed by atoms with Crippen LogP contribution in [0.4, 0.5) is 0 Å². The van der Waals surface area contributed by atoms with Crippen LogP contribution >= 0.6 is 0 Å². The maximum atomic E-state index is 12.9. The molecule has 0 unspecified atom stereocenters. The van der Waals surface area contributed by atoms with Crippen molar-refractivity contribution < 1.29 is 14.4 Å². The molecule has 1 N–H and O–H groups in total. The molecule has 5 nitrogen and oxygen atoms in total. The molecular weight excluding hydrogens is 316 g/mol. The molecule has 0 aromatic heterocycles. The molecular formula is C20H26N2O3. The molecule has 5 heteroatoms. The summed E-state index contributed by atoms with van der Waals surface area (Å²) in [5, 5.41) is 3.06. The molecule has 3 amide bonds. The van der Waals surface area contributed by atoms with E-state index in [0.717, 1.165) is 32.1 Å². The zero-order chi connectivity index (χ0) is 17.1. The van der Waals surface area contributed by atoms with Crippen LogP contribution in [0, 0.1) is 35.5 Å². The molecule has 0 aromatic carbocycles. The number of nitrogens with one attached hydrogen (secondary N) is 1. The highest BCUT2D eigenvalue weighted by Crippen LogP contribution is 2.65. The maximum absolute atomic E-state index is 12.9. The number of allylic oxidation sites excluding steroid dienone is 2. The van der Waals surface area contributed by atoms with Gasteiger partial charge in [-0.05, 0) is 42.9 Å². The molecule has 0 spiro atoms. The van der Waals surface area contributed by atoms with Gasteiger partial charge in [0.25, 0.3) is 0 Å². The van der Waals surface area contributed by atoms with E-state index in [1.807, 2.05) is 0 Å². The molecule has 6 rings (SSSR count). The smallest absolute Gasteiger partial charge is 0.240 e. The van der Waals surface area contributed by atoms with Crippen LogP contribution in [0.2, 0.25) is 0 Å². The first-order chi connectivity index (χ1) is 12.1. The number of carbonyl (C=O) groups is 3. The highest BCUT2D eigenvalue weighted by atomic mass is 16.2. The van der Waals surface area contributed by atoms with Crippen molar-refractivity contribution in [3.05, 3.63) is 12.2 Å². The minimum absolute atomic E-state index is 0.0874. The van der Waals surface area contributed by atoms with Crippen molar-refractivity contribution in [1.29, 1.82) is 0 Å². The Morgan fingerprint density at radius 3 is 2.08 bits per heavy atom. The summed E-state index contributed by atoms with van der Waals surface area (Å²) in [5.74, 6) is 0.899. The Bertz CT molecular complexity index is 613. The van der Waals surface area contributed by atoms with Crippen LogP contribution in [0.5, 0.6) is 0 Å². The summed E-state index contributed by atoms with van der Waals surface area (Å²) in [5.41, 5.74) is 0. The quantitative estimate of drug-likeness (QED) is 0.484. The van der Waals surface area contributed by atoms with Crippen molar-refractivity contribution in [1.82, 2.24) is 10.2 Å². The van der Waals surface area contributed by atoms with Crippen LogP contribution in [0.15, 0.2) is 12.2 Å². The summed E-state index contributed by atoms with van der Waals surface area (Å²) in [4.78, 5) is 39.5. The summed E-state index contributed by atoms with van der Waals surface area (Å²) < 4.78 is 0. The third-order valence-corrected chi connectivity index (χ3v) is 7.28. The number of likely N-dealkylation sites (tertiary alicyclic amines) is 1. The second-order valence-electron chi connectivity index (χ2n) is 8.67. The lowest BCUT2D eigenvalue weighted by Gasteiger charge is -2.37. The normalized spacial score (nSPS) is 42.2. The van der Waals surface area contributed by atoms with E-state index in [4.69, 9.17) is 0 Å². The van der Waals surface area contributed by atoms with Crippen molar-refractivity contribution in [3.63, 3.8) is 0 Å². The molecule has 134 valence electrons. The number of hydrogen-bond acceptors (Lipinski definition) is 3. The fourth-order valence-electron chi connectivity index (χ4n) is 6.02. The molecule has 4 fully saturated rings. The first-order valence-electron chi connectivity index (χ1n) is 9.98. The molecule has 1 heterocycles. The zero-order valence-corrected chi connectivity index (χ0v) is 14.5. The van der Waals surface area contributed by atoms with Crippen LogP contribution in [0.3, 0.4) is 0 Å². The van der Waals surface area contributed by atoms with Crippen LogP contribution in [-0.4, -0.2) is 35.2 Å². The molecule has 6 atom stereocenters. The molecule has 0 radical (unpaired) electrons. The van der Waals surface area contributed by atoms with Crippen LogP contribution in [-0.2, 0) is 14.4 Å². The predicted octanol–water partition coefficient (Wildman–Crippen LogP) is 1.88. The Morgan fingerprint density at radius 2 is 1.52 bits per heavy atom. The van der Waals surface area contributed by atoms with Gasteiger partial charge in [0.15, 0.2) is 0 Å². The van der Waals surface area contributed by atoms with Crippen LogP contribution in [0.25, 0.3) is 0 Å². The maximum Gasteiger partial charge on any atom is 0.240 e. The van der Waals surface area contributed by atoms with Gasteiger partial charge in [0.2, 0.25) is 17.7 Å². The lowest BCUT2D eigenvalue weighted by molar-refractivity contribution is -0.144. The molecule has 1 aliphatic heterocycles. The third-order valence-electron chi connectivity index (χ3n) is 7.28. The van der Waals surface area contributed by atoms with Gasteiger partial charge in [-0.25, -0.2) is 0 Å². The summed E-state index contributed by atoms with van der Waals surface area (Å²) in [6, 6.07) is 0.204. The molecule has 25 heavy (non-hydrogen) atoms. The number of nitrogens with zero attached hydrogens (tertiary/aromatic N) is 1. The lowest BCUT2D eigenvalue weighted by Crippen LogP contribution is -2.44. The van der Waals surface area contributed by atoms with Gasteiger partial charge in [-0.2, -0.15) is 0 Å². The van der Waals surface area contributed by atoms with E-state index in [0.29, 0.717) is 11.8 Å². The monoisotopic (exact) mass is 342 g/mol. The number of amides is 3. The number of hydrogen-bond donors (Lipinski definition) is 1. The van der Waals surface area contributed by atoms with Crippen molar-refractivity contribution >= 4 is 17.7 Å². The van der Waals surface area contributed by atoms with Crippen LogP contribution < -0.4 is 5.32 Å². The van der Waals surface area contributed by atoms with Gasteiger partial charge in [0.05, 0.1) is 11.8 Å². The highest BCUT2D eigenvalue weighted by molar-refractivity contribution is 6.08. The molecule has 5 aliphatic carbocycles. The van der Waals surface area contributed by atoms with Gasteiger partial charge in [-0.15, -0.1) is 0 Å². The standard InChI is InChI=1S/C20H26N2O3/c23-16(21-11-5-3-1-2-4-6-11)10-22-19(24)17-12-7-8-13(15-9-14(12)15)18(17)20(22)25/h7-8,11-15,17-18H,1-6,9-10H2,(H,21,23)/t12-,13-,14-,15-,17+,18+/m1/s1. The fraction of sp³-hybridized carbons (Fsp3) is 0.750. The summed E-state index contributed by atoms with van der Waals surface area (Å²) >= 11 is 0. The third kappa shape index (κ3) is 2.38. The number of rotatable bonds is 3. The van der Waals surface area contributed by atoms with E-state index in [1.165, 1.54) is 17.7 Å². The van der Waals surface area contributed by atoms with Crippen molar-refractivity contribution in [2.75, 3.05) is 6.54 Å². The van der Waals surface area contributed by atoms with Crippen molar-refractivity contribution in [3.8, 4) is 0 Å². The van der Waals surface area contributed by atoms with Crippen molar-refractivity contribution in [2.24, 2.45) is 35.5 Å². The van der Waals surface area contributed by atoms with Gasteiger partial charge < -0.3 is 5.32 Å². The second kappa shape index (κ2) is 5.68. The van der Waals surface area contributed by atoms with E-state index < -0.39 is 0 Å². The Kier molecular flexibility index (Phi) is 3.54. The summed E-state index contributed by atoms with van der Waals surface area (Å²) in [6.07, 6.45) is 12.3. The summed E-state index contributed by atoms with van der Waals surface area (Å²) in [7, 11) is 0. The Balaban J connectivity index is 1.27. The van der Waals surface area contributed by atoms with Gasteiger partial charge in [0, 0.05) is 6.04 Å². The Morgan fingerprint density at radius 1 is 0.960 bits per heavy atom. The first kappa shape index (κ1) is 15.6. The fourth-order valence-corrected chi connectivity index (χ4v) is 6.02. The highest BCUT2D eigenvalue weighted by Gasteiger charge is 2.67. The minimum Gasteiger partial charge on any atom is -0.352 e. The topological polar surface area (TPSA) is 66.5 Å². The molecule has 2 bridgehead atoms. The largest absolute Gasteiger partial charge is 0.352 e. The van der Waals surface area contributed by atoms with E-state index in [1.54, 1.807) is 0 Å². The summed E-state index contributed by atoms with van der Waals surface area (Å²) in [6.45, 7) is -0.0874. The molecule has 1 saturated heterocycles. The second-order valence-corrected chi connectivity index (χ2v) is 8.67. The van der Waals surface area contributed by atoms with Gasteiger partial charge >= 0.3 is 0 Å². The van der Waals surface area contributed by atoms with Gasteiger partial charge in [-0.3, -0.25) is 19.3 Å². The van der Waals surface area contributed by atoms with Gasteiger partial charge in [-0.1, -0.05) is 37.8 Å². The van der Waals surface area contributed by atoms with Crippen LogP contribution in [0.1, 0.15) is 44.9 Å². The zero-order valence-electron chi connectivity index (χ0n) is 14.5. The Labute approximate surface area is 148 Å². The first-order valence-corrected chi connectivity index (χ1v) is 9.98. The molecule has 0 aromatic rings. The van der Waals surface area contributed by atoms with Crippen molar-refractivity contribution in [2.45, 2.75) is 51.0 Å². The van der Waals surface area contributed by atoms with Gasteiger partial charge in [0.1, 0.15) is 6.54 Å². The Hall–Kier alpha value is -1.65. The number of carbonyl (C=O) groups excluding carboxylic acids is 3. The average Bonchev–Trinajstić information content (AvgIpc) is 3.40. The SMILES string of the molecule is O=C(CN1C(=O)[C@H]2[C@@H]3C=C[C@H]([C@H]4C[C@H]34)[C@@H]2C1=O)NC1CCCCCC1. The molecule has 3 saturated carbocycles. The average molecular weight is 342 g/mol. The predicted molar refractivity (Wildman–Crippen MR) is 91.0 cm³/mol. The van der Waals surface area contributed by atoms with E-state index in [-0.39, 0.29) is 54.0 Å². The number of imide groups is 1. The molecule has 6 aliphatic rings.